The first-order chi connectivity index (χ1) is 13.1. The Hall–Kier alpha value is -3.48. The second-order valence-corrected chi connectivity index (χ2v) is 5.78. The quantitative estimate of drug-likeness (QED) is 0.605. The molecule has 2 aliphatic rings. The number of hydrogen-bond acceptors (Lipinski definition) is 5. The summed E-state index contributed by atoms with van der Waals surface area (Å²) >= 11 is 0. The van der Waals surface area contributed by atoms with Gasteiger partial charge < -0.3 is 14.2 Å². The van der Waals surface area contributed by atoms with Gasteiger partial charge in [-0.05, 0) is 48.1 Å². The fourth-order valence-corrected chi connectivity index (χ4v) is 2.70. The molecule has 0 unspecified atom stereocenters. The van der Waals surface area contributed by atoms with Crippen molar-refractivity contribution in [1.29, 1.82) is 0 Å². The zero-order valence-corrected chi connectivity index (χ0v) is 13.9. The summed E-state index contributed by atoms with van der Waals surface area (Å²) in [4.78, 5) is 16.3. The molecule has 27 heavy (non-hydrogen) atoms. The van der Waals surface area contributed by atoms with Crippen LogP contribution < -0.4 is 9.47 Å². The number of carbonyl (C=O) groups excluding carboxylic acids is 1. The summed E-state index contributed by atoms with van der Waals surface area (Å²) in [5, 5.41) is 0. The highest BCUT2D eigenvalue weighted by Gasteiger charge is 2.25. The van der Waals surface area contributed by atoms with E-state index in [-0.39, 0.29) is 17.3 Å². The number of hydrogen-bond donors (Lipinski definition) is 0. The number of ether oxygens (including phenoxy) is 3. The molecule has 2 aromatic carbocycles. The van der Waals surface area contributed by atoms with Crippen LogP contribution in [0, 0.1) is 0 Å². The molecule has 0 aliphatic carbocycles. The second kappa shape index (κ2) is 7.03. The molecule has 136 valence electrons. The third-order valence-corrected chi connectivity index (χ3v) is 3.92. The van der Waals surface area contributed by atoms with Crippen molar-refractivity contribution >= 4 is 17.9 Å². The van der Waals surface area contributed by atoms with Gasteiger partial charge in [0.2, 0.25) is 5.90 Å². The molecular formula is C20H13F2NO4. The Kier molecular flexibility index (Phi) is 4.42. The van der Waals surface area contributed by atoms with Crippen LogP contribution in [0.1, 0.15) is 11.1 Å². The van der Waals surface area contributed by atoms with Crippen molar-refractivity contribution in [1.82, 2.24) is 0 Å². The maximum Gasteiger partial charge on any atom is 0.387 e. The van der Waals surface area contributed by atoms with Crippen LogP contribution in [0.2, 0.25) is 0 Å². The number of carbonyl (C=O) groups is 1. The molecule has 2 aromatic rings. The van der Waals surface area contributed by atoms with E-state index < -0.39 is 12.6 Å². The van der Waals surface area contributed by atoms with Crippen molar-refractivity contribution in [2.75, 3.05) is 6.61 Å². The molecule has 2 heterocycles. The Morgan fingerprint density at radius 2 is 1.89 bits per heavy atom. The van der Waals surface area contributed by atoms with Crippen molar-refractivity contribution in [3.63, 3.8) is 0 Å². The van der Waals surface area contributed by atoms with Gasteiger partial charge in [-0.15, -0.1) is 0 Å². The van der Waals surface area contributed by atoms with Crippen LogP contribution in [-0.2, 0) is 9.53 Å². The van der Waals surface area contributed by atoms with Crippen LogP contribution in [0.5, 0.6) is 11.5 Å². The summed E-state index contributed by atoms with van der Waals surface area (Å²) in [5.74, 6) is 0.312. The Labute approximate surface area is 153 Å². The first kappa shape index (κ1) is 17.0. The third kappa shape index (κ3) is 3.72. The number of para-hydroxylation sites is 1. The normalized spacial score (nSPS) is 17.1. The van der Waals surface area contributed by atoms with Crippen molar-refractivity contribution in [2.45, 2.75) is 6.61 Å². The lowest BCUT2D eigenvalue weighted by molar-refractivity contribution is -0.130. The van der Waals surface area contributed by atoms with Gasteiger partial charge in [-0.25, -0.2) is 9.79 Å². The molecule has 7 heteroatoms. The zero-order valence-electron chi connectivity index (χ0n) is 13.9. The van der Waals surface area contributed by atoms with Gasteiger partial charge in [0, 0.05) is 11.1 Å². The molecule has 4 rings (SSSR count). The van der Waals surface area contributed by atoms with Gasteiger partial charge in [0.1, 0.15) is 18.1 Å². The number of halogens is 2. The summed E-state index contributed by atoms with van der Waals surface area (Å²) in [5.41, 5.74) is 2.33. The molecule has 5 nitrogen and oxygen atoms in total. The number of esters is 1. The number of nitrogens with zero attached hydrogens (tertiary/aromatic N) is 1. The Balaban J connectivity index is 1.56. The molecular weight excluding hydrogens is 356 g/mol. The van der Waals surface area contributed by atoms with Crippen molar-refractivity contribution in [2.24, 2.45) is 4.99 Å². The lowest BCUT2D eigenvalue weighted by Crippen LogP contribution is -2.08. The highest BCUT2D eigenvalue weighted by atomic mass is 19.3. The lowest BCUT2D eigenvalue weighted by Gasteiger charge is -2.15. The Morgan fingerprint density at radius 3 is 2.67 bits per heavy atom. The van der Waals surface area contributed by atoms with E-state index in [4.69, 9.17) is 9.47 Å². The number of aliphatic imine (C=N–C) groups is 1. The fraction of sp³-hybridized carbons (Fsp3) is 0.100. The standard InChI is InChI=1S/C20H13F2NO4/c21-20(22)26-15-7-5-13(6-8-15)18-23-16(19(24)27-18)10-12-9-14-3-1-2-4-17(14)25-11-12/h1-10,20H,11H2/b16-10-. The minimum absolute atomic E-state index is 0.0117. The van der Waals surface area contributed by atoms with E-state index in [2.05, 4.69) is 9.73 Å². The minimum atomic E-state index is -2.90. The summed E-state index contributed by atoms with van der Waals surface area (Å²) in [6.45, 7) is -2.58. The molecule has 0 fully saturated rings. The van der Waals surface area contributed by atoms with Crippen LogP contribution in [0.4, 0.5) is 8.78 Å². The maximum absolute atomic E-state index is 12.2. The highest BCUT2D eigenvalue weighted by Crippen LogP contribution is 2.28. The fourth-order valence-electron chi connectivity index (χ4n) is 2.70. The molecule has 0 radical (unpaired) electrons. The van der Waals surface area contributed by atoms with Crippen molar-refractivity contribution in [3.05, 3.63) is 77.0 Å². The van der Waals surface area contributed by atoms with Crippen LogP contribution >= 0.6 is 0 Å². The predicted molar refractivity (Wildman–Crippen MR) is 93.7 cm³/mol. The molecule has 0 amide bonds. The molecule has 0 saturated heterocycles. The first-order valence-corrected chi connectivity index (χ1v) is 8.09. The number of rotatable bonds is 4. The van der Waals surface area contributed by atoms with Gasteiger partial charge in [-0.3, -0.25) is 0 Å². The van der Waals surface area contributed by atoms with E-state index in [9.17, 15) is 13.6 Å². The average molecular weight is 369 g/mol. The van der Waals surface area contributed by atoms with Gasteiger partial charge in [-0.1, -0.05) is 18.2 Å². The number of alkyl halides is 2. The minimum Gasteiger partial charge on any atom is -0.488 e. The SMILES string of the molecule is O=C1OC(c2ccc(OC(F)F)cc2)=N/C1=C\C1=Cc2ccccc2OC1. The second-order valence-electron chi connectivity index (χ2n) is 5.78. The largest absolute Gasteiger partial charge is 0.488 e. The molecule has 0 atom stereocenters. The predicted octanol–water partition coefficient (Wildman–Crippen LogP) is 3.95. The Bertz CT molecular complexity index is 978. The van der Waals surface area contributed by atoms with E-state index in [1.165, 1.54) is 24.3 Å². The van der Waals surface area contributed by atoms with E-state index in [1.807, 2.05) is 30.3 Å². The Morgan fingerprint density at radius 1 is 1.11 bits per heavy atom. The summed E-state index contributed by atoms with van der Waals surface area (Å²) in [6.07, 6.45) is 3.53. The molecule has 0 bridgehead atoms. The monoisotopic (exact) mass is 369 g/mol. The van der Waals surface area contributed by atoms with Gasteiger partial charge in [0.25, 0.3) is 0 Å². The van der Waals surface area contributed by atoms with E-state index >= 15 is 0 Å². The van der Waals surface area contributed by atoms with Crippen LogP contribution in [0.25, 0.3) is 6.08 Å². The maximum atomic E-state index is 12.2. The first-order valence-electron chi connectivity index (χ1n) is 8.09. The van der Waals surface area contributed by atoms with Crippen LogP contribution in [-0.4, -0.2) is 25.1 Å². The van der Waals surface area contributed by atoms with Crippen LogP contribution in [0.15, 0.2) is 70.9 Å². The number of fused-ring (bicyclic) bond motifs is 1. The van der Waals surface area contributed by atoms with Gasteiger partial charge in [0.15, 0.2) is 5.70 Å². The topological polar surface area (TPSA) is 57.1 Å². The highest BCUT2D eigenvalue weighted by molar-refractivity contribution is 6.11. The zero-order chi connectivity index (χ0) is 18.8. The van der Waals surface area contributed by atoms with E-state index in [1.54, 1.807) is 6.08 Å². The molecule has 0 aromatic heterocycles. The lowest BCUT2D eigenvalue weighted by atomic mass is 10.1. The third-order valence-electron chi connectivity index (χ3n) is 3.92. The number of benzene rings is 2. The molecule has 0 spiro atoms. The molecule has 0 N–H and O–H groups in total. The van der Waals surface area contributed by atoms with E-state index in [0.717, 1.165) is 16.9 Å². The van der Waals surface area contributed by atoms with Crippen LogP contribution in [0.3, 0.4) is 0 Å². The van der Waals surface area contributed by atoms with Gasteiger partial charge in [-0.2, -0.15) is 8.78 Å². The summed E-state index contributed by atoms with van der Waals surface area (Å²) < 4.78 is 39.5. The van der Waals surface area contributed by atoms with E-state index in [0.29, 0.717) is 12.2 Å². The molecule has 0 saturated carbocycles. The summed E-state index contributed by atoms with van der Waals surface area (Å²) in [7, 11) is 0. The van der Waals surface area contributed by atoms with Gasteiger partial charge >= 0.3 is 12.6 Å². The molecule has 2 aliphatic heterocycles. The number of cyclic esters (lactones) is 1. The van der Waals surface area contributed by atoms with Crippen molar-refractivity contribution in [3.8, 4) is 11.5 Å². The average Bonchev–Trinajstić information content (AvgIpc) is 3.02. The summed E-state index contributed by atoms with van der Waals surface area (Å²) in [6, 6.07) is 13.3. The van der Waals surface area contributed by atoms with Crippen molar-refractivity contribution < 1.29 is 27.8 Å². The van der Waals surface area contributed by atoms with Gasteiger partial charge in [0.05, 0.1) is 0 Å². The smallest absolute Gasteiger partial charge is 0.387 e.